The number of hydrogen-bond acceptors (Lipinski definition) is 2. The van der Waals surface area contributed by atoms with Crippen LogP contribution in [0.5, 0.6) is 5.75 Å². The molecule has 2 heteroatoms. The minimum atomic E-state index is 0.269. The maximum atomic E-state index is 5.66. The van der Waals surface area contributed by atoms with Gasteiger partial charge in [0.15, 0.2) is 0 Å². The standard InChI is InChI=1S/C18H29NO/c1-4-12-19-14-18(10-6-5-7-11-18)16-13-15(2)8-9-17(16)20-3/h8-9,13,19H,4-7,10-12,14H2,1-3H3. The van der Waals surface area contributed by atoms with Crippen molar-refractivity contribution in [3.63, 3.8) is 0 Å². The van der Waals surface area contributed by atoms with Gasteiger partial charge in [-0.2, -0.15) is 0 Å². The van der Waals surface area contributed by atoms with Gasteiger partial charge in [-0.25, -0.2) is 0 Å². The first-order valence-electron chi connectivity index (χ1n) is 8.08. The smallest absolute Gasteiger partial charge is 0.122 e. The average molecular weight is 275 g/mol. The molecular weight excluding hydrogens is 246 g/mol. The van der Waals surface area contributed by atoms with Gasteiger partial charge in [-0.15, -0.1) is 0 Å². The zero-order valence-corrected chi connectivity index (χ0v) is 13.3. The second kappa shape index (κ2) is 7.12. The van der Waals surface area contributed by atoms with Crippen LogP contribution < -0.4 is 10.1 Å². The number of rotatable bonds is 6. The van der Waals surface area contributed by atoms with E-state index in [1.807, 2.05) is 0 Å². The van der Waals surface area contributed by atoms with Crippen LogP contribution in [-0.2, 0) is 5.41 Å². The summed E-state index contributed by atoms with van der Waals surface area (Å²) in [4.78, 5) is 0. The highest BCUT2D eigenvalue weighted by atomic mass is 16.5. The minimum absolute atomic E-state index is 0.269. The quantitative estimate of drug-likeness (QED) is 0.785. The zero-order valence-electron chi connectivity index (χ0n) is 13.3. The minimum Gasteiger partial charge on any atom is -0.496 e. The summed E-state index contributed by atoms with van der Waals surface area (Å²) in [5.41, 5.74) is 3.02. The fourth-order valence-corrected chi connectivity index (χ4v) is 3.51. The molecule has 0 amide bonds. The predicted octanol–water partition coefficient (Wildman–Crippen LogP) is 4.21. The van der Waals surface area contributed by atoms with E-state index in [1.54, 1.807) is 7.11 Å². The third-order valence-corrected chi connectivity index (χ3v) is 4.63. The molecule has 0 aliphatic heterocycles. The van der Waals surface area contributed by atoms with Crippen molar-refractivity contribution < 1.29 is 4.74 Å². The Morgan fingerprint density at radius 2 is 1.95 bits per heavy atom. The van der Waals surface area contributed by atoms with Gasteiger partial charge in [-0.1, -0.05) is 43.9 Å². The first-order valence-corrected chi connectivity index (χ1v) is 8.08. The maximum Gasteiger partial charge on any atom is 0.122 e. The van der Waals surface area contributed by atoms with Gasteiger partial charge in [0, 0.05) is 17.5 Å². The lowest BCUT2D eigenvalue weighted by molar-refractivity contribution is 0.270. The Bertz CT molecular complexity index is 421. The molecule has 0 unspecified atom stereocenters. The molecule has 0 saturated heterocycles. The van der Waals surface area contributed by atoms with Gasteiger partial charge >= 0.3 is 0 Å². The van der Waals surface area contributed by atoms with Crippen LogP contribution in [0.4, 0.5) is 0 Å². The third kappa shape index (κ3) is 3.35. The molecule has 0 bridgehead atoms. The fraction of sp³-hybridized carbons (Fsp3) is 0.667. The lowest BCUT2D eigenvalue weighted by Gasteiger charge is -2.39. The molecular formula is C18H29NO. The Balaban J connectivity index is 2.32. The van der Waals surface area contributed by atoms with Gasteiger partial charge in [0.05, 0.1) is 7.11 Å². The molecule has 1 aromatic rings. The van der Waals surface area contributed by atoms with E-state index < -0.39 is 0 Å². The van der Waals surface area contributed by atoms with E-state index in [-0.39, 0.29) is 5.41 Å². The molecule has 0 aromatic heterocycles. The van der Waals surface area contributed by atoms with Crippen molar-refractivity contribution in [1.29, 1.82) is 0 Å². The Morgan fingerprint density at radius 1 is 1.20 bits per heavy atom. The number of aryl methyl sites for hydroxylation is 1. The molecule has 1 aliphatic carbocycles. The summed E-state index contributed by atoms with van der Waals surface area (Å²) < 4.78 is 5.66. The second-order valence-electron chi connectivity index (χ2n) is 6.22. The van der Waals surface area contributed by atoms with Crippen LogP contribution in [-0.4, -0.2) is 20.2 Å². The molecule has 112 valence electrons. The number of ether oxygens (including phenoxy) is 1. The summed E-state index contributed by atoms with van der Waals surface area (Å²) in [6.07, 6.45) is 7.81. The van der Waals surface area contributed by atoms with E-state index in [9.17, 15) is 0 Å². The molecule has 20 heavy (non-hydrogen) atoms. The predicted molar refractivity (Wildman–Crippen MR) is 85.7 cm³/mol. The summed E-state index contributed by atoms with van der Waals surface area (Å²) in [5, 5.41) is 3.66. The highest BCUT2D eigenvalue weighted by Gasteiger charge is 2.35. The summed E-state index contributed by atoms with van der Waals surface area (Å²) in [6.45, 7) is 6.60. The molecule has 0 spiro atoms. The molecule has 0 atom stereocenters. The topological polar surface area (TPSA) is 21.3 Å². The Hall–Kier alpha value is -1.02. The number of nitrogens with one attached hydrogen (secondary N) is 1. The number of benzene rings is 1. The number of methoxy groups -OCH3 is 1. The zero-order chi connectivity index (χ0) is 14.4. The lowest BCUT2D eigenvalue weighted by atomic mass is 9.68. The maximum absolute atomic E-state index is 5.66. The normalized spacial score (nSPS) is 17.9. The Kier molecular flexibility index (Phi) is 5.47. The monoisotopic (exact) mass is 275 g/mol. The Labute approximate surface area is 123 Å². The molecule has 2 nitrogen and oxygen atoms in total. The van der Waals surface area contributed by atoms with Crippen molar-refractivity contribution in [2.45, 2.75) is 57.8 Å². The van der Waals surface area contributed by atoms with Gasteiger partial charge in [0.2, 0.25) is 0 Å². The van der Waals surface area contributed by atoms with E-state index in [1.165, 1.54) is 49.7 Å². The molecule has 1 aliphatic rings. The van der Waals surface area contributed by atoms with Gasteiger partial charge in [-0.3, -0.25) is 0 Å². The average Bonchev–Trinajstić information content (AvgIpc) is 2.48. The van der Waals surface area contributed by atoms with E-state index in [4.69, 9.17) is 4.74 Å². The molecule has 1 aromatic carbocycles. The van der Waals surface area contributed by atoms with Crippen molar-refractivity contribution in [2.24, 2.45) is 0 Å². The summed E-state index contributed by atoms with van der Waals surface area (Å²) in [6, 6.07) is 6.64. The van der Waals surface area contributed by atoms with Crippen molar-refractivity contribution in [1.82, 2.24) is 5.32 Å². The van der Waals surface area contributed by atoms with Crippen LogP contribution in [0.2, 0.25) is 0 Å². The highest BCUT2D eigenvalue weighted by Crippen LogP contribution is 2.43. The molecule has 1 fully saturated rings. The van der Waals surface area contributed by atoms with E-state index >= 15 is 0 Å². The first kappa shape index (κ1) is 15.4. The Morgan fingerprint density at radius 3 is 2.60 bits per heavy atom. The molecule has 0 radical (unpaired) electrons. The summed E-state index contributed by atoms with van der Waals surface area (Å²) in [7, 11) is 1.80. The van der Waals surface area contributed by atoms with Crippen molar-refractivity contribution >= 4 is 0 Å². The lowest BCUT2D eigenvalue weighted by Crippen LogP contribution is -2.40. The van der Waals surface area contributed by atoms with E-state index in [0.29, 0.717) is 0 Å². The molecule has 2 rings (SSSR count). The van der Waals surface area contributed by atoms with Crippen LogP contribution >= 0.6 is 0 Å². The fourth-order valence-electron chi connectivity index (χ4n) is 3.51. The van der Waals surface area contributed by atoms with Crippen molar-refractivity contribution in [3.05, 3.63) is 29.3 Å². The molecule has 0 heterocycles. The number of hydrogen-bond donors (Lipinski definition) is 1. The van der Waals surface area contributed by atoms with Crippen molar-refractivity contribution in [3.8, 4) is 5.75 Å². The van der Waals surface area contributed by atoms with Crippen LogP contribution in [0.25, 0.3) is 0 Å². The molecule has 1 saturated carbocycles. The van der Waals surface area contributed by atoms with Gasteiger partial charge in [-0.05, 0) is 38.8 Å². The third-order valence-electron chi connectivity index (χ3n) is 4.63. The van der Waals surface area contributed by atoms with E-state index in [2.05, 4.69) is 37.4 Å². The van der Waals surface area contributed by atoms with Crippen LogP contribution in [0.1, 0.15) is 56.6 Å². The largest absolute Gasteiger partial charge is 0.496 e. The molecule has 1 N–H and O–H groups in total. The SMILES string of the molecule is CCCNCC1(c2cc(C)ccc2OC)CCCCC1. The summed E-state index contributed by atoms with van der Waals surface area (Å²) in [5.74, 6) is 1.07. The van der Waals surface area contributed by atoms with Crippen LogP contribution in [0.15, 0.2) is 18.2 Å². The van der Waals surface area contributed by atoms with Gasteiger partial charge < -0.3 is 10.1 Å². The van der Waals surface area contributed by atoms with Crippen LogP contribution in [0.3, 0.4) is 0 Å². The first-order chi connectivity index (χ1) is 9.72. The van der Waals surface area contributed by atoms with Crippen molar-refractivity contribution in [2.75, 3.05) is 20.2 Å². The second-order valence-corrected chi connectivity index (χ2v) is 6.22. The van der Waals surface area contributed by atoms with Gasteiger partial charge in [0.1, 0.15) is 5.75 Å². The van der Waals surface area contributed by atoms with E-state index in [0.717, 1.165) is 18.8 Å². The van der Waals surface area contributed by atoms with Crippen LogP contribution in [0, 0.1) is 6.92 Å². The highest BCUT2D eigenvalue weighted by molar-refractivity contribution is 5.43. The van der Waals surface area contributed by atoms with Gasteiger partial charge in [0.25, 0.3) is 0 Å². The summed E-state index contributed by atoms with van der Waals surface area (Å²) >= 11 is 0.